The van der Waals surface area contributed by atoms with Gasteiger partial charge in [-0.2, -0.15) is 0 Å². The van der Waals surface area contributed by atoms with Gasteiger partial charge in [-0.15, -0.1) is 0 Å². The molecule has 0 spiro atoms. The second-order valence-electron chi connectivity index (χ2n) is 6.74. The van der Waals surface area contributed by atoms with Gasteiger partial charge in [-0.25, -0.2) is 9.78 Å². The maximum Gasteiger partial charge on any atom is 0.405 e. The number of carbonyl (C=O) groups is 1. The Morgan fingerprint density at radius 2 is 2.04 bits per heavy atom. The molecule has 8 nitrogen and oxygen atoms in total. The van der Waals surface area contributed by atoms with E-state index in [1.54, 1.807) is 25.1 Å². The minimum Gasteiger partial charge on any atom is -0.465 e. The normalized spacial score (nSPS) is 13.7. The number of nitrogens with zero attached hydrogens (tertiary/aromatic N) is 2. The summed E-state index contributed by atoms with van der Waals surface area (Å²) in [5.41, 5.74) is 0.0449. The molecule has 0 bridgehead atoms. The van der Waals surface area contributed by atoms with Gasteiger partial charge in [0.2, 0.25) is 0 Å². The first-order valence-corrected chi connectivity index (χ1v) is 9.18. The highest BCUT2D eigenvalue weighted by atomic mass is 35.5. The summed E-state index contributed by atoms with van der Waals surface area (Å²) >= 11 is 6.18. The van der Waals surface area contributed by atoms with Gasteiger partial charge in [0.05, 0.1) is 28.1 Å². The molecule has 0 saturated heterocycles. The molecule has 1 aromatic carbocycles. The van der Waals surface area contributed by atoms with Crippen molar-refractivity contribution in [2.45, 2.75) is 51.9 Å². The lowest BCUT2D eigenvalue weighted by atomic mass is 10.2. The van der Waals surface area contributed by atoms with Gasteiger partial charge < -0.3 is 20.8 Å². The predicted octanol–water partition coefficient (Wildman–Crippen LogP) is 2.13. The van der Waals surface area contributed by atoms with Crippen LogP contribution in [-0.4, -0.2) is 44.5 Å². The molecule has 0 aliphatic heterocycles. The number of amides is 1. The molecular formula is C18H25ClN4O4. The first-order chi connectivity index (χ1) is 12.7. The van der Waals surface area contributed by atoms with Crippen molar-refractivity contribution in [1.82, 2.24) is 20.2 Å². The molecule has 0 aliphatic rings. The first-order valence-electron chi connectivity index (χ1n) is 8.80. The Kier molecular flexibility index (Phi) is 7.18. The van der Waals surface area contributed by atoms with Gasteiger partial charge in [-0.1, -0.05) is 31.5 Å². The molecule has 1 heterocycles. The average molecular weight is 397 g/mol. The van der Waals surface area contributed by atoms with Crippen LogP contribution in [0.3, 0.4) is 0 Å². The van der Waals surface area contributed by atoms with Gasteiger partial charge >= 0.3 is 6.09 Å². The van der Waals surface area contributed by atoms with Gasteiger partial charge in [-0.05, 0) is 25.5 Å². The minimum absolute atomic E-state index is 0.189. The standard InChI is InChI=1S/C18H25ClN4O4/c1-10(2)20-9-12(24)7-8-23-16(11(3)21-18(26)27)22-14-6-4-5-13(19)15(14)17(23)25/h4-6,10-12,20-21,24H,7-9H2,1-3H3,(H,26,27)/t11-,12?/m0/s1. The van der Waals surface area contributed by atoms with E-state index in [1.165, 1.54) is 4.57 Å². The lowest BCUT2D eigenvalue weighted by molar-refractivity contribution is 0.151. The smallest absolute Gasteiger partial charge is 0.405 e. The first kappa shape index (κ1) is 21.1. The number of carboxylic acid groups (broad SMARTS) is 1. The van der Waals surface area contributed by atoms with Crippen LogP contribution in [0.2, 0.25) is 5.02 Å². The third-order valence-electron chi connectivity index (χ3n) is 4.14. The van der Waals surface area contributed by atoms with Crippen molar-refractivity contribution in [2.24, 2.45) is 0 Å². The molecule has 27 heavy (non-hydrogen) atoms. The van der Waals surface area contributed by atoms with Crippen LogP contribution in [0, 0.1) is 0 Å². The summed E-state index contributed by atoms with van der Waals surface area (Å²) in [5.74, 6) is 0.279. The van der Waals surface area contributed by atoms with E-state index < -0.39 is 18.2 Å². The van der Waals surface area contributed by atoms with E-state index in [0.717, 1.165) is 0 Å². The summed E-state index contributed by atoms with van der Waals surface area (Å²) in [6.45, 7) is 6.15. The van der Waals surface area contributed by atoms with Crippen LogP contribution in [0.25, 0.3) is 10.9 Å². The lowest BCUT2D eigenvalue weighted by Crippen LogP contribution is -2.36. The molecule has 0 aliphatic carbocycles. The Morgan fingerprint density at radius 1 is 1.33 bits per heavy atom. The fourth-order valence-electron chi connectivity index (χ4n) is 2.79. The number of nitrogens with one attached hydrogen (secondary N) is 2. The topological polar surface area (TPSA) is 116 Å². The predicted molar refractivity (Wildman–Crippen MR) is 104 cm³/mol. The number of halogens is 1. The molecule has 0 fully saturated rings. The fourth-order valence-corrected chi connectivity index (χ4v) is 3.04. The number of rotatable bonds is 8. The molecule has 9 heteroatoms. The van der Waals surface area contributed by atoms with Crippen LogP contribution in [0.5, 0.6) is 0 Å². The molecule has 1 unspecified atom stereocenters. The number of fused-ring (bicyclic) bond motifs is 1. The summed E-state index contributed by atoms with van der Waals surface area (Å²) in [4.78, 5) is 28.5. The number of aromatic nitrogens is 2. The number of hydrogen-bond acceptors (Lipinski definition) is 5. The zero-order valence-corrected chi connectivity index (χ0v) is 16.3. The molecule has 2 atom stereocenters. The van der Waals surface area contributed by atoms with Crippen molar-refractivity contribution in [3.05, 3.63) is 39.4 Å². The molecule has 0 saturated carbocycles. The Hall–Kier alpha value is -2.16. The Morgan fingerprint density at radius 3 is 2.67 bits per heavy atom. The van der Waals surface area contributed by atoms with Crippen molar-refractivity contribution in [3.8, 4) is 0 Å². The largest absolute Gasteiger partial charge is 0.465 e. The van der Waals surface area contributed by atoms with E-state index in [2.05, 4.69) is 15.6 Å². The van der Waals surface area contributed by atoms with Crippen LogP contribution >= 0.6 is 11.6 Å². The van der Waals surface area contributed by atoms with Gasteiger partial charge in [0, 0.05) is 19.1 Å². The Balaban J connectivity index is 2.41. The maximum absolute atomic E-state index is 13.0. The lowest BCUT2D eigenvalue weighted by Gasteiger charge is -2.20. The maximum atomic E-state index is 13.0. The zero-order chi connectivity index (χ0) is 20.1. The van der Waals surface area contributed by atoms with Crippen LogP contribution in [0.15, 0.2) is 23.0 Å². The van der Waals surface area contributed by atoms with Crippen LogP contribution in [0.1, 0.15) is 39.1 Å². The zero-order valence-electron chi connectivity index (χ0n) is 15.6. The van der Waals surface area contributed by atoms with Crippen LogP contribution in [-0.2, 0) is 6.54 Å². The van der Waals surface area contributed by atoms with Gasteiger partial charge in [0.25, 0.3) is 5.56 Å². The second kappa shape index (κ2) is 9.16. The van der Waals surface area contributed by atoms with Crippen molar-refractivity contribution in [3.63, 3.8) is 0 Å². The van der Waals surface area contributed by atoms with Crippen molar-refractivity contribution >= 4 is 28.6 Å². The molecule has 4 N–H and O–H groups in total. The summed E-state index contributed by atoms with van der Waals surface area (Å²) < 4.78 is 1.38. The number of benzene rings is 1. The Bertz CT molecular complexity index is 868. The summed E-state index contributed by atoms with van der Waals surface area (Å²) in [5, 5.41) is 25.2. The van der Waals surface area contributed by atoms with Crippen molar-refractivity contribution in [1.29, 1.82) is 0 Å². The molecule has 0 radical (unpaired) electrons. The second-order valence-corrected chi connectivity index (χ2v) is 7.14. The summed E-state index contributed by atoms with van der Waals surface area (Å²) in [7, 11) is 0. The molecule has 148 valence electrons. The monoisotopic (exact) mass is 396 g/mol. The van der Waals surface area contributed by atoms with Crippen molar-refractivity contribution < 1.29 is 15.0 Å². The van der Waals surface area contributed by atoms with E-state index >= 15 is 0 Å². The molecule has 2 rings (SSSR count). The number of aliphatic hydroxyl groups is 1. The Labute approximate surface area is 162 Å². The van der Waals surface area contributed by atoms with Crippen LogP contribution in [0.4, 0.5) is 4.79 Å². The highest BCUT2D eigenvalue weighted by Gasteiger charge is 2.20. The van der Waals surface area contributed by atoms with E-state index in [4.69, 9.17) is 16.7 Å². The molecular weight excluding hydrogens is 372 g/mol. The van der Waals surface area contributed by atoms with Gasteiger partial charge in [0.15, 0.2) is 0 Å². The number of aliphatic hydroxyl groups excluding tert-OH is 1. The van der Waals surface area contributed by atoms with Gasteiger partial charge in [0.1, 0.15) is 5.82 Å². The average Bonchev–Trinajstić information content (AvgIpc) is 2.58. The third kappa shape index (κ3) is 5.41. The third-order valence-corrected chi connectivity index (χ3v) is 4.45. The van der Waals surface area contributed by atoms with E-state index in [9.17, 15) is 14.7 Å². The highest BCUT2D eigenvalue weighted by molar-refractivity contribution is 6.35. The van der Waals surface area contributed by atoms with E-state index in [-0.39, 0.29) is 34.4 Å². The minimum atomic E-state index is -1.21. The SMILES string of the molecule is CC(C)NCC(O)CCn1c([C@H](C)NC(=O)O)nc2cccc(Cl)c2c1=O. The molecule has 1 aromatic heterocycles. The fraction of sp³-hybridized carbons (Fsp3) is 0.500. The molecule has 2 aromatic rings. The van der Waals surface area contributed by atoms with Gasteiger partial charge in [-0.3, -0.25) is 9.36 Å². The summed E-state index contributed by atoms with van der Waals surface area (Å²) in [6.07, 6.45) is -1.56. The quantitative estimate of drug-likeness (QED) is 0.543. The van der Waals surface area contributed by atoms with E-state index in [0.29, 0.717) is 18.5 Å². The van der Waals surface area contributed by atoms with E-state index in [1.807, 2.05) is 13.8 Å². The van der Waals surface area contributed by atoms with Crippen molar-refractivity contribution in [2.75, 3.05) is 6.54 Å². The highest BCUT2D eigenvalue weighted by Crippen LogP contribution is 2.21. The molecule has 1 amide bonds. The number of hydrogen-bond donors (Lipinski definition) is 4. The summed E-state index contributed by atoms with van der Waals surface area (Å²) in [6, 6.07) is 4.48. The van der Waals surface area contributed by atoms with Crippen LogP contribution < -0.4 is 16.2 Å².